The van der Waals surface area contributed by atoms with Crippen LogP contribution in [0, 0.1) is 0 Å². The Labute approximate surface area is 113 Å². The Morgan fingerprint density at radius 3 is 2.78 bits per heavy atom. The molecule has 1 aromatic carbocycles. The number of benzene rings is 1. The second kappa shape index (κ2) is 5.84. The lowest BCUT2D eigenvalue weighted by Gasteiger charge is -2.06. The molecule has 18 heavy (non-hydrogen) atoms. The smallest absolute Gasteiger partial charge is 0.335 e. The van der Waals surface area contributed by atoms with Gasteiger partial charge >= 0.3 is 5.97 Å². The van der Waals surface area contributed by atoms with Crippen molar-refractivity contribution < 1.29 is 14.3 Å². The summed E-state index contributed by atoms with van der Waals surface area (Å²) in [6, 6.07) is 8.73. The summed E-state index contributed by atoms with van der Waals surface area (Å²) in [5, 5.41) is 12.1. The predicted molar refractivity (Wildman–Crippen MR) is 70.4 cm³/mol. The molecule has 0 aliphatic heterocycles. The second-order valence-electron chi connectivity index (χ2n) is 3.79. The van der Waals surface area contributed by atoms with E-state index in [1.54, 1.807) is 24.5 Å². The molecule has 0 spiro atoms. The number of aromatic carboxylic acids is 1. The van der Waals surface area contributed by atoms with E-state index in [1.165, 1.54) is 0 Å². The number of nitrogens with one attached hydrogen (secondary N) is 1. The monoisotopic (exact) mass is 309 g/mol. The van der Waals surface area contributed by atoms with Crippen LogP contribution in [0.4, 0.5) is 0 Å². The Bertz CT molecular complexity index is 537. The highest BCUT2D eigenvalue weighted by Gasteiger charge is 2.06. The van der Waals surface area contributed by atoms with Crippen LogP contribution in [0.15, 0.2) is 45.5 Å². The Hall–Kier alpha value is -1.59. The van der Waals surface area contributed by atoms with Crippen molar-refractivity contribution in [1.29, 1.82) is 0 Å². The summed E-state index contributed by atoms with van der Waals surface area (Å²) < 4.78 is 5.99. The molecule has 94 valence electrons. The van der Waals surface area contributed by atoms with Crippen LogP contribution in [0.1, 0.15) is 21.7 Å². The lowest BCUT2D eigenvalue weighted by atomic mass is 10.1. The minimum absolute atomic E-state index is 0.275. The molecule has 0 aliphatic carbocycles. The number of carboxylic acid groups (broad SMARTS) is 1. The standard InChI is InChI=1S/C13H12BrNO3/c14-12-6-9(13(16)17)3-4-10(12)7-15-8-11-2-1-5-18-11/h1-6,15H,7-8H2,(H,16,17). The van der Waals surface area contributed by atoms with E-state index in [1.807, 2.05) is 12.1 Å². The first-order chi connectivity index (χ1) is 8.66. The predicted octanol–water partition coefficient (Wildman–Crippen LogP) is 3.03. The van der Waals surface area contributed by atoms with Gasteiger partial charge in [0.2, 0.25) is 0 Å². The van der Waals surface area contributed by atoms with Crippen molar-refractivity contribution in [2.75, 3.05) is 0 Å². The highest BCUT2D eigenvalue weighted by atomic mass is 79.9. The molecular formula is C13H12BrNO3. The molecule has 2 rings (SSSR count). The van der Waals surface area contributed by atoms with Gasteiger partial charge in [0.15, 0.2) is 0 Å². The highest BCUT2D eigenvalue weighted by Crippen LogP contribution is 2.18. The molecule has 0 aliphatic rings. The van der Waals surface area contributed by atoms with Crippen molar-refractivity contribution in [2.24, 2.45) is 0 Å². The van der Waals surface area contributed by atoms with Gasteiger partial charge in [-0.1, -0.05) is 22.0 Å². The van der Waals surface area contributed by atoms with Crippen LogP contribution in [0.2, 0.25) is 0 Å². The Kier molecular flexibility index (Phi) is 4.17. The largest absolute Gasteiger partial charge is 0.478 e. The van der Waals surface area contributed by atoms with Gasteiger partial charge < -0.3 is 14.8 Å². The number of hydrogen-bond donors (Lipinski definition) is 2. The minimum atomic E-state index is -0.925. The normalized spacial score (nSPS) is 10.5. The van der Waals surface area contributed by atoms with Gasteiger partial charge in [0.1, 0.15) is 5.76 Å². The number of rotatable bonds is 5. The molecule has 0 unspecified atom stereocenters. The van der Waals surface area contributed by atoms with Crippen LogP contribution in [0.5, 0.6) is 0 Å². The molecule has 0 saturated heterocycles. The lowest BCUT2D eigenvalue weighted by Crippen LogP contribution is -2.12. The number of furan rings is 1. The second-order valence-corrected chi connectivity index (χ2v) is 4.65. The maximum Gasteiger partial charge on any atom is 0.335 e. The summed E-state index contributed by atoms with van der Waals surface area (Å²) in [5.74, 6) is -0.0564. The highest BCUT2D eigenvalue weighted by molar-refractivity contribution is 9.10. The number of carboxylic acids is 1. The van der Waals surface area contributed by atoms with Crippen molar-refractivity contribution >= 4 is 21.9 Å². The molecule has 2 N–H and O–H groups in total. The quantitative estimate of drug-likeness (QED) is 0.891. The molecule has 2 aromatic rings. The van der Waals surface area contributed by atoms with Gasteiger partial charge in [-0.05, 0) is 29.8 Å². The Balaban J connectivity index is 1.95. The fourth-order valence-electron chi connectivity index (χ4n) is 1.56. The first-order valence-corrected chi connectivity index (χ1v) is 6.21. The third-order valence-electron chi connectivity index (χ3n) is 2.49. The molecule has 0 atom stereocenters. The van der Waals surface area contributed by atoms with Crippen LogP contribution in [-0.4, -0.2) is 11.1 Å². The SMILES string of the molecule is O=C(O)c1ccc(CNCc2ccco2)c(Br)c1. The van der Waals surface area contributed by atoms with E-state index >= 15 is 0 Å². The third-order valence-corrected chi connectivity index (χ3v) is 3.23. The van der Waals surface area contributed by atoms with Crippen LogP contribution in [0.3, 0.4) is 0 Å². The van der Waals surface area contributed by atoms with Gasteiger partial charge in [-0.15, -0.1) is 0 Å². The summed E-state index contributed by atoms with van der Waals surface area (Å²) in [5.41, 5.74) is 1.28. The maximum absolute atomic E-state index is 10.8. The average molecular weight is 310 g/mol. The maximum atomic E-state index is 10.8. The summed E-state index contributed by atoms with van der Waals surface area (Å²) in [6.45, 7) is 1.28. The molecule has 0 fully saturated rings. The first kappa shape index (κ1) is 12.9. The fraction of sp³-hybridized carbons (Fsp3) is 0.154. The fourth-order valence-corrected chi connectivity index (χ4v) is 2.08. The molecule has 0 radical (unpaired) electrons. The van der Waals surface area contributed by atoms with Gasteiger partial charge in [0.05, 0.1) is 18.4 Å². The van der Waals surface area contributed by atoms with E-state index in [4.69, 9.17) is 9.52 Å². The van der Waals surface area contributed by atoms with Crippen molar-refractivity contribution in [3.05, 3.63) is 58.0 Å². The van der Waals surface area contributed by atoms with Crippen molar-refractivity contribution in [1.82, 2.24) is 5.32 Å². The van der Waals surface area contributed by atoms with Crippen LogP contribution in [-0.2, 0) is 13.1 Å². The third kappa shape index (κ3) is 3.21. The lowest BCUT2D eigenvalue weighted by molar-refractivity contribution is 0.0697. The number of carbonyl (C=O) groups is 1. The zero-order valence-corrected chi connectivity index (χ0v) is 11.1. The molecule has 5 heteroatoms. The van der Waals surface area contributed by atoms with E-state index < -0.39 is 5.97 Å². The summed E-state index contributed by atoms with van der Waals surface area (Å²) in [7, 11) is 0. The van der Waals surface area contributed by atoms with Crippen molar-refractivity contribution in [3.63, 3.8) is 0 Å². The van der Waals surface area contributed by atoms with Crippen molar-refractivity contribution in [2.45, 2.75) is 13.1 Å². The van der Waals surface area contributed by atoms with Gasteiger partial charge in [0.25, 0.3) is 0 Å². The first-order valence-electron chi connectivity index (χ1n) is 5.41. The Morgan fingerprint density at radius 1 is 1.33 bits per heavy atom. The summed E-state index contributed by atoms with van der Waals surface area (Å²) in [4.78, 5) is 10.8. The Morgan fingerprint density at radius 2 is 2.17 bits per heavy atom. The summed E-state index contributed by atoms with van der Waals surface area (Å²) >= 11 is 3.37. The van der Waals surface area contributed by atoms with E-state index in [0.717, 1.165) is 15.8 Å². The zero-order valence-electron chi connectivity index (χ0n) is 9.52. The van der Waals surface area contributed by atoms with E-state index in [-0.39, 0.29) is 5.56 Å². The topological polar surface area (TPSA) is 62.5 Å². The van der Waals surface area contributed by atoms with E-state index in [9.17, 15) is 4.79 Å². The molecule has 0 bridgehead atoms. The van der Waals surface area contributed by atoms with Crippen LogP contribution in [0.25, 0.3) is 0 Å². The number of hydrogen-bond acceptors (Lipinski definition) is 3. The molecule has 0 saturated carbocycles. The molecule has 1 aromatic heterocycles. The van der Waals surface area contributed by atoms with E-state index in [0.29, 0.717) is 13.1 Å². The van der Waals surface area contributed by atoms with Crippen LogP contribution < -0.4 is 5.32 Å². The molecular weight excluding hydrogens is 298 g/mol. The van der Waals surface area contributed by atoms with Crippen molar-refractivity contribution in [3.8, 4) is 0 Å². The molecule has 0 amide bonds. The average Bonchev–Trinajstić information content (AvgIpc) is 2.84. The van der Waals surface area contributed by atoms with Gasteiger partial charge in [0, 0.05) is 11.0 Å². The summed E-state index contributed by atoms with van der Waals surface area (Å²) in [6.07, 6.45) is 1.63. The van der Waals surface area contributed by atoms with Gasteiger partial charge in [-0.25, -0.2) is 4.79 Å². The van der Waals surface area contributed by atoms with Gasteiger partial charge in [-0.3, -0.25) is 0 Å². The molecule has 4 nitrogen and oxygen atoms in total. The van der Waals surface area contributed by atoms with E-state index in [2.05, 4.69) is 21.2 Å². The zero-order chi connectivity index (χ0) is 13.0. The number of halogens is 1. The van der Waals surface area contributed by atoms with Crippen LogP contribution >= 0.6 is 15.9 Å². The minimum Gasteiger partial charge on any atom is -0.478 e. The van der Waals surface area contributed by atoms with Gasteiger partial charge in [-0.2, -0.15) is 0 Å². The molecule has 1 heterocycles.